The van der Waals surface area contributed by atoms with Gasteiger partial charge in [0.1, 0.15) is 0 Å². The van der Waals surface area contributed by atoms with Gasteiger partial charge < -0.3 is 4.74 Å². The number of esters is 1. The Bertz CT molecular complexity index is 593. The van der Waals surface area contributed by atoms with Crippen LogP contribution < -0.4 is 5.32 Å². The Hall–Kier alpha value is -2.39. The average molecular weight is 295 g/mol. The van der Waals surface area contributed by atoms with Gasteiger partial charge in [0.25, 0.3) is 0 Å². The van der Waals surface area contributed by atoms with Gasteiger partial charge >= 0.3 is 5.97 Å². The molecule has 0 heterocycles. The van der Waals surface area contributed by atoms with Gasteiger partial charge in [-0.25, -0.2) is 4.79 Å². The van der Waals surface area contributed by atoms with Crippen molar-refractivity contribution in [1.82, 2.24) is 5.32 Å². The summed E-state index contributed by atoms with van der Waals surface area (Å²) in [6.07, 6.45) is 4.35. The molecule has 0 bridgehead atoms. The Labute approximate surface area is 131 Å². The normalized spacial score (nSPS) is 12.2. The Morgan fingerprint density at radius 2 is 1.73 bits per heavy atom. The summed E-state index contributed by atoms with van der Waals surface area (Å²) in [5, 5.41) is 3.21. The summed E-state index contributed by atoms with van der Waals surface area (Å²) < 4.78 is 5.52. The zero-order chi connectivity index (χ0) is 15.6. The van der Waals surface area contributed by atoms with Crippen molar-refractivity contribution in [2.45, 2.75) is 19.6 Å². The van der Waals surface area contributed by atoms with Gasteiger partial charge in [-0.3, -0.25) is 5.32 Å². The van der Waals surface area contributed by atoms with E-state index in [0.29, 0.717) is 5.56 Å². The highest BCUT2D eigenvalue weighted by Crippen LogP contribution is 2.06. The van der Waals surface area contributed by atoms with E-state index in [0.717, 1.165) is 18.5 Å². The highest BCUT2D eigenvalue weighted by atomic mass is 16.6. The molecule has 2 rings (SSSR count). The third kappa shape index (κ3) is 5.19. The monoisotopic (exact) mass is 295 g/mol. The molecule has 0 aliphatic carbocycles. The molecule has 2 aromatic rings. The minimum Gasteiger partial charge on any atom is -0.439 e. The summed E-state index contributed by atoms with van der Waals surface area (Å²) in [5.41, 5.74) is 1.63. The molecule has 0 radical (unpaired) electrons. The predicted molar refractivity (Wildman–Crippen MR) is 89.4 cm³/mol. The molecule has 1 unspecified atom stereocenters. The van der Waals surface area contributed by atoms with Gasteiger partial charge in [-0.1, -0.05) is 61.5 Å². The van der Waals surface area contributed by atoms with Gasteiger partial charge in [-0.2, -0.15) is 0 Å². The summed E-state index contributed by atoms with van der Waals surface area (Å²) in [6, 6.07) is 19.0. The van der Waals surface area contributed by atoms with Crippen molar-refractivity contribution in [2.75, 3.05) is 6.54 Å². The molecule has 0 saturated heterocycles. The quantitative estimate of drug-likeness (QED) is 0.622. The molecule has 1 N–H and O–H groups in total. The first-order valence-corrected chi connectivity index (χ1v) is 7.52. The van der Waals surface area contributed by atoms with Crippen molar-refractivity contribution in [3.05, 3.63) is 77.9 Å². The van der Waals surface area contributed by atoms with E-state index in [1.807, 2.05) is 60.7 Å². The first-order valence-electron chi connectivity index (χ1n) is 7.52. The second-order valence-corrected chi connectivity index (χ2v) is 4.92. The number of rotatable bonds is 7. The van der Waals surface area contributed by atoms with Crippen LogP contribution >= 0.6 is 0 Å². The molecule has 2 aromatic carbocycles. The van der Waals surface area contributed by atoms with E-state index in [2.05, 4.69) is 12.2 Å². The SMILES string of the molecule is CCCNC(/C=C\c1ccccc1)OC(=O)c1ccccc1. The number of hydrogen-bond donors (Lipinski definition) is 1. The van der Waals surface area contributed by atoms with E-state index in [1.54, 1.807) is 12.1 Å². The van der Waals surface area contributed by atoms with Gasteiger partial charge in [0, 0.05) is 0 Å². The van der Waals surface area contributed by atoms with E-state index in [-0.39, 0.29) is 5.97 Å². The topological polar surface area (TPSA) is 38.3 Å². The molecule has 1 atom stereocenters. The minimum atomic E-state index is -0.437. The predicted octanol–water partition coefficient (Wildman–Crippen LogP) is 3.88. The Morgan fingerprint density at radius 1 is 1.09 bits per heavy atom. The number of ether oxygens (including phenoxy) is 1. The van der Waals surface area contributed by atoms with Crippen molar-refractivity contribution in [3.8, 4) is 0 Å². The van der Waals surface area contributed by atoms with Gasteiger partial charge in [-0.05, 0) is 36.7 Å². The highest BCUT2D eigenvalue weighted by molar-refractivity contribution is 5.89. The lowest BCUT2D eigenvalue weighted by molar-refractivity contribution is 0.0334. The van der Waals surface area contributed by atoms with Gasteiger partial charge in [0.2, 0.25) is 0 Å². The second-order valence-electron chi connectivity index (χ2n) is 4.92. The van der Waals surface area contributed by atoms with Crippen LogP contribution in [0.1, 0.15) is 29.3 Å². The van der Waals surface area contributed by atoms with Crippen LogP contribution in [-0.4, -0.2) is 18.7 Å². The van der Waals surface area contributed by atoms with E-state index in [9.17, 15) is 4.79 Å². The molecule has 114 valence electrons. The largest absolute Gasteiger partial charge is 0.439 e. The van der Waals surface area contributed by atoms with Crippen molar-refractivity contribution in [3.63, 3.8) is 0 Å². The van der Waals surface area contributed by atoms with Crippen LogP contribution in [0.25, 0.3) is 6.08 Å². The second kappa shape index (κ2) is 8.80. The van der Waals surface area contributed by atoms with Crippen LogP contribution in [0, 0.1) is 0 Å². The maximum atomic E-state index is 12.1. The molecule has 22 heavy (non-hydrogen) atoms. The molecule has 0 saturated carbocycles. The van der Waals surface area contributed by atoms with Gasteiger partial charge in [0.05, 0.1) is 5.56 Å². The lowest BCUT2D eigenvalue weighted by atomic mass is 10.2. The summed E-state index contributed by atoms with van der Waals surface area (Å²) in [4.78, 5) is 12.1. The molecule has 0 fully saturated rings. The van der Waals surface area contributed by atoms with Crippen LogP contribution in [0.15, 0.2) is 66.7 Å². The first kappa shape index (κ1) is 16.0. The summed E-state index contributed by atoms with van der Waals surface area (Å²) in [6.45, 7) is 2.86. The van der Waals surface area contributed by atoms with Crippen LogP contribution in [-0.2, 0) is 4.74 Å². The molecule has 0 spiro atoms. The number of carbonyl (C=O) groups is 1. The Morgan fingerprint density at radius 3 is 2.36 bits per heavy atom. The molecule has 0 amide bonds. The smallest absolute Gasteiger partial charge is 0.339 e. The van der Waals surface area contributed by atoms with Gasteiger partial charge in [-0.15, -0.1) is 0 Å². The third-order valence-corrected chi connectivity index (χ3v) is 3.10. The lowest BCUT2D eigenvalue weighted by Gasteiger charge is -2.15. The van der Waals surface area contributed by atoms with Crippen molar-refractivity contribution in [1.29, 1.82) is 0 Å². The third-order valence-electron chi connectivity index (χ3n) is 3.10. The van der Waals surface area contributed by atoms with Crippen LogP contribution in [0.4, 0.5) is 0 Å². The fourth-order valence-corrected chi connectivity index (χ4v) is 1.96. The highest BCUT2D eigenvalue weighted by Gasteiger charge is 2.12. The molecular weight excluding hydrogens is 274 g/mol. The zero-order valence-electron chi connectivity index (χ0n) is 12.7. The van der Waals surface area contributed by atoms with Crippen LogP contribution in [0.2, 0.25) is 0 Å². The van der Waals surface area contributed by atoms with E-state index in [1.165, 1.54) is 0 Å². The first-order chi connectivity index (χ1) is 10.8. The fourth-order valence-electron chi connectivity index (χ4n) is 1.96. The lowest BCUT2D eigenvalue weighted by Crippen LogP contribution is -2.32. The van der Waals surface area contributed by atoms with Gasteiger partial charge in [0.15, 0.2) is 6.23 Å². The van der Waals surface area contributed by atoms with Crippen molar-refractivity contribution >= 4 is 12.0 Å². The number of benzene rings is 2. The standard InChI is InChI=1S/C19H21NO2/c1-2-15-20-18(14-13-16-9-5-3-6-10-16)22-19(21)17-11-7-4-8-12-17/h3-14,18,20H,2,15H2,1H3/b14-13-. The maximum absolute atomic E-state index is 12.1. The summed E-state index contributed by atoms with van der Waals surface area (Å²) in [5.74, 6) is -0.327. The Balaban J connectivity index is 2.03. The summed E-state index contributed by atoms with van der Waals surface area (Å²) in [7, 11) is 0. The van der Waals surface area contributed by atoms with E-state index >= 15 is 0 Å². The molecule has 0 aliphatic rings. The number of nitrogens with one attached hydrogen (secondary N) is 1. The number of carbonyl (C=O) groups excluding carboxylic acids is 1. The van der Waals surface area contributed by atoms with Crippen LogP contribution in [0.5, 0.6) is 0 Å². The summed E-state index contributed by atoms with van der Waals surface area (Å²) >= 11 is 0. The van der Waals surface area contributed by atoms with Crippen LogP contribution in [0.3, 0.4) is 0 Å². The number of hydrogen-bond acceptors (Lipinski definition) is 3. The zero-order valence-corrected chi connectivity index (χ0v) is 12.7. The molecule has 0 aromatic heterocycles. The van der Waals surface area contributed by atoms with E-state index in [4.69, 9.17) is 4.74 Å². The molecule has 0 aliphatic heterocycles. The molecule has 3 heteroatoms. The molecule has 3 nitrogen and oxygen atoms in total. The van der Waals surface area contributed by atoms with Crippen molar-refractivity contribution < 1.29 is 9.53 Å². The van der Waals surface area contributed by atoms with E-state index < -0.39 is 6.23 Å². The average Bonchev–Trinajstić information content (AvgIpc) is 2.59. The van der Waals surface area contributed by atoms with Crippen molar-refractivity contribution in [2.24, 2.45) is 0 Å². The Kier molecular flexibility index (Phi) is 6.39. The molecular formula is C19H21NO2. The maximum Gasteiger partial charge on any atom is 0.339 e. The minimum absolute atomic E-state index is 0.327. The fraction of sp³-hybridized carbons (Fsp3) is 0.211.